The third kappa shape index (κ3) is 1.45. The first-order valence-electron chi connectivity index (χ1n) is 4.72. The number of urea groups is 1. The Morgan fingerprint density at radius 2 is 2.00 bits per heavy atom. The van der Waals surface area contributed by atoms with E-state index in [-0.39, 0.29) is 6.04 Å². The minimum absolute atomic E-state index is 0.223. The maximum atomic E-state index is 11.6. The molecule has 1 heterocycles. The predicted molar refractivity (Wildman–Crippen MR) is 53.0 cm³/mol. The zero-order valence-electron chi connectivity index (χ0n) is 9.25. The zero-order valence-corrected chi connectivity index (χ0v) is 9.25. The maximum Gasteiger partial charge on any atom is 0.325 e. The number of likely N-dealkylation sites (N-methyl/N-ethyl adjacent to an activating group) is 1. The minimum atomic E-state index is -1.44. The van der Waals surface area contributed by atoms with Gasteiger partial charge in [-0.3, -0.25) is 19.8 Å². The highest BCUT2D eigenvalue weighted by Crippen LogP contribution is 2.24. The molecule has 15 heavy (non-hydrogen) atoms. The van der Waals surface area contributed by atoms with E-state index in [4.69, 9.17) is 0 Å². The Balaban J connectivity index is 3.18. The van der Waals surface area contributed by atoms with E-state index in [9.17, 15) is 14.4 Å². The van der Waals surface area contributed by atoms with E-state index in [1.54, 1.807) is 13.8 Å². The first-order chi connectivity index (χ1) is 6.85. The van der Waals surface area contributed by atoms with Crippen molar-refractivity contribution in [3.8, 4) is 0 Å². The topological polar surface area (TPSA) is 78.5 Å². The molecule has 0 radical (unpaired) electrons. The lowest BCUT2D eigenvalue weighted by molar-refractivity contribution is -0.139. The third-order valence-corrected chi connectivity index (χ3v) is 2.55. The summed E-state index contributed by atoms with van der Waals surface area (Å²) in [7, 11) is 1.43. The van der Waals surface area contributed by atoms with Crippen molar-refractivity contribution in [2.45, 2.75) is 32.4 Å². The van der Waals surface area contributed by atoms with Gasteiger partial charge >= 0.3 is 6.03 Å². The highest BCUT2D eigenvalue weighted by Gasteiger charge is 2.55. The highest BCUT2D eigenvalue weighted by atomic mass is 16.2. The fraction of sp³-hybridized carbons (Fsp3) is 0.667. The molecule has 0 spiro atoms. The summed E-state index contributed by atoms with van der Waals surface area (Å²) in [5.41, 5.74) is -1.44. The largest absolute Gasteiger partial charge is 0.357 e. The van der Waals surface area contributed by atoms with E-state index in [1.807, 2.05) is 0 Å². The van der Waals surface area contributed by atoms with Gasteiger partial charge in [-0.2, -0.15) is 0 Å². The Morgan fingerprint density at radius 1 is 1.47 bits per heavy atom. The van der Waals surface area contributed by atoms with E-state index in [0.717, 1.165) is 0 Å². The number of hydrogen-bond acceptors (Lipinski definition) is 3. The van der Waals surface area contributed by atoms with Gasteiger partial charge in [0.15, 0.2) is 5.54 Å². The van der Waals surface area contributed by atoms with Crippen molar-refractivity contribution in [1.29, 1.82) is 0 Å². The number of imide groups is 1. The van der Waals surface area contributed by atoms with Crippen LogP contribution in [0.1, 0.15) is 20.8 Å². The van der Waals surface area contributed by atoms with Gasteiger partial charge in [0.2, 0.25) is 0 Å². The van der Waals surface area contributed by atoms with Gasteiger partial charge in [0.25, 0.3) is 11.8 Å². The number of carbonyl (C=O) groups is 3. The SMILES string of the molecule is CNC(=O)C1(C)C(=O)NC(=O)N1C(C)C. The van der Waals surface area contributed by atoms with E-state index >= 15 is 0 Å². The molecule has 4 amide bonds. The van der Waals surface area contributed by atoms with E-state index < -0.39 is 23.4 Å². The second kappa shape index (κ2) is 3.52. The molecule has 0 aromatic rings. The van der Waals surface area contributed by atoms with Crippen LogP contribution in [0.25, 0.3) is 0 Å². The van der Waals surface area contributed by atoms with Gasteiger partial charge in [-0.05, 0) is 20.8 Å². The summed E-state index contributed by atoms with van der Waals surface area (Å²) in [6.45, 7) is 4.94. The molecule has 0 aliphatic carbocycles. The van der Waals surface area contributed by atoms with Crippen LogP contribution < -0.4 is 10.6 Å². The maximum absolute atomic E-state index is 11.6. The van der Waals surface area contributed by atoms with Crippen LogP contribution in [0.15, 0.2) is 0 Å². The summed E-state index contributed by atoms with van der Waals surface area (Å²) >= 11 is 0. The Morgan fingerprint density at radius 3 is 2.40 bits per heavy atom. The fourth-order valence-corrected chi connectivity index (χ4v) is 1.80. The molecule has 6 nitrogen and oxygen atoms in total. The van der Waals surface area contributed by atoms with Gasteiger partial charge < -0.3 is 5.32 Å². The molecule has 0 saturated carbocycles. The van der Waals surface area contributed by atoms with Gasteiger partial charge in [0, 0.05) is 13.1 Å². The molecule has 2 N–H and O–H groups in total. The van der Waals surface area contributed by atoms with Crippen LogP contribution in [0.5, 0.6) is 0 Å². The average molecular weight is 213 g/mol. The average Bonchev–Trinajstić information content (AvgIpc) is 2.37. The minimum Gasteiger partial charge on any atom is -0.357 e. The van der Waals surface area contributed by atoms with Gasteiger partial charge in [-0.15, -0.1) is 0 Å². The molecule has 1 aliphatic heterocycles. The molecule has 84 valence electrons. The number of hydrogen-bond donors (Lipinski definition) is 2. The molecular formula is C9H15N3O3. The van der Waals surface area contributed by atoms with Crippen LogP contribution in [-0.4, -0.2) is 41.4 Å². The third-order valence-electron chi connectivity index (χ3n) is 2.55. The van der Waals surface area contributed by atoms with Gasteiger partial charge in [0.1, 0.15) is 0 Å². The summed E-state index contributed by atoms with van der Waals surface area (Å²) in [6, 6.07) is -0.750. The Bertz CT molecular complexity index is 327. The molecule has 1 rings (SSSR count). The van der Waals surface area contributed by atoms with Crippen molar-refractivity contribution in [2.24, 2.45) is 0 Å². The summed E-state index contributed by atoms with van der Waals surface area (Å²) in [5.74, 6) is -1.07. The number of rotatable bonds is 2. The van der Waals surface area contributed by atoms with Crippen LogP contribution in [0.3, 0.4) is 0 Å². The normalized spacial score (nSPS) is 25.8. The molecule has 0 aromatic carbocycles. The summed E-state index contributed by atoms with van der Waals surface area (Å²) in [4.78, 5) is 35.9. The smallest absolute Gasteiger partial charge is 0.325 e. The summed E-state index contributed by atoms with van der Waals surface area (Å²) in [5, 5.41) is 4.53. The van der Waals surface area contributed by atoms with E-state index in [1.165, 1.54) is 18.9 Å². The Kier molecular flexibility index (Phi) is 2.70. The van der Waals surface area contributed by atoms with Gasteiger partial charge in [0.05, 0.1) is 0 Å². The molecule has 1 unspecified atom stereocenters. The van der Waals surface area contributed by atoms with Crippen molar-refractivity contribution >= 4 is 17.8 Å². The second-order valence-corrected chi connectivity index (χ2v) is 3.87. The highest BCUT2D eigenvalue weighted by molar-refractivity contribution is 6.19. The Hall–Kier alpha value is -1.59. The molecule has 1 aliphatic rings. The standard InChI is InChI=1S/C9H15N3O3/c1-5(2)12-8(15)11-7(14)9(12,3)6(13)10-4/h5H,1-4H3,(H,10,13)(H,11,14,15). The van der Waals surface area contributed by atoms with Crippen molar-refractivity contribution in [3.05, 3.63) is 0 Å². The van der Waals surface area contributed by atoms with Crippen molar-refractivity contribution in [1.82, 2.24) is 15.5 Å². The van der Waals surface area contributed by atoms with Crippen LogP contribution in [-0.2, 0) is 9.59 Å². The quantitative estimate of drug-likeness (QED) is 0.477. The molecule has 6 heteroatoms. The zero-order chi connectivity index (χ0) is 11.8. The molecule has 0 aromatic heterocycles. The second-order valence-electron chi connectivity index (χ2n) is 3.87. The lowest BCUT2D eigenvalue weighted by Crippen LogP contribution is -2.59. The lowest BCUT2D eigenvalue weighted by atomic mass is 9.98. The van der Waals surface area contributed by atoms with Crippen LogP contribution in [0, 0.1) is 0 Å². The lowest BCUT2D eigenvalue weighted by Gasteiger charge is -2.32. The van der Waals surface area contributed by atoms with Crippen LogP contribution >= 0.6 is 0 Å². The first kappa shape index (κ1) is 11.5. The fourth-order valence-electron chi connectivity index (χ4n) is 1.80. The molecule has 0 bridgehead atoms. The summed E-state index contributed by atoms with van der Waals surface area (Å²) in [6.07, 6.45) is 0. The van der Waals surface area contributed by atoms with Crippen molar-refractivity contribution < 1.29 is 14.4 Å². The number of nitrogens with one attached hydrogen (secondary N) is 2. The van der Waals surface area contributed by atoms with Gasteiger partial charge in [-0.1, -0.05) is 0 Å². The molecular weight excluding hydrogens is 198 g/mol. The van der Waals surface area contributed by atoms with Crippen LogP contribution in [0.4, 0.5) is 4.79 Å². The van der Waals surface area contributed by atoms with Crippen LogP contribution in [0.2, 0.25) is 0 Å². The monoisotopic (exact) mass is 213 g/mol. The molecule has 1 saturated heterocycles. The van der Waals surface area contributed by atoms with Crippen molar-refractivity contribution in [3.63, 3.8) is 0 Å². The van der Waals surface area contributed by atoms with E-state index in [2.05, 4.69) is 10.6 Å². The first-order valence-corrected chi connectivity index (χ1v) is 4.72. The molecule has 1 atom stereocenters. The Labute approximate surface area is 88.0 Å². The van der Waals surface area contributed by atoms with Crippen molar-refractivity contribution in [2.75, 3.05) is 7.05 Å². The van der Waals surface area contributed by atoms with Gasteiger partial charge in [-0.25, -0.2) is 4.79 Å². The number of amides is 4. The summed E-state index contributed by atoms with van der Waals surface area (Å²) < 4.78 is 0. The molecule has 1 fully saturated rings. The number of carbonyl (C=O) groups excluding carboxylic acids is 3. The number of nitrogens with zero attached hydrogens (tertiary/aromatic N) is 1. The predicted octanol–water partition coefficient (Wildman–Crippen LogP) is -0.549. The van der Waals surface area contributed by atoms with E-state index in [0.29, 0.717) is 0 Å².